The number of hydrogen-bond acceptors (Lipinski definition) is 6. The summed E-state index contributed by atoms with van der Waals surface area (Å²) in [5, 5.41) is 7.15. The molecule has 1 N–H and O–H groups in total. The predicted molar refractivity (Wildman–Crippen MR) is 92.7 cm³/mol. The van der Waals surface area contributed by atoms with E-state index in [2.05, 4.69) is 29.3 Å². The Morgan fingerprint density at radius 1 is 1.38 bits per heavy atom. The quantitative estimate of drug-likeness (QED) is 0.764. The van der Waals surface area contributed by atoms with Gasteiger partial charge >= 0.3 is 0 Å². The van der Waals surface area contributed by atoms with Gasteiger partial charge in [-0.2, -0.15) is 4.98 Å². The van der Waals surface area contributed by atoms with E-state index in [0.717, 1.165) is 13.1 Å². The molecule has 0 bridgehead atoms. The second-order valence-corrected chi connectivity index (χ2v) is 6.82. The van der Waals surface area contributed by atoms with Crippen LogP contribution in [0, 0.1) is 17.8 Å². The van der Waals surface area contributed by atoms with Gasteiger partial charge in [-0.25, -0.2) is 0 Å². The molecule has 2 rings (SSSR count). The third kappa shape index (κ3) is 5.43. The first kappa shape index (κ1) is 20.9. The number of ether oxygens (including phenoxy) is 1. The first-order valence-electron chi connectivity index (χ1n) is 8.28. The molecule has 2 unspecified atom stereocenters. The van der Waals surface area contributed by atoms with Gasteiger partial charge in [0.05, 0.1) is 6.54 Å². The van der Waals surface area contributed by atoms with Crippen LogP contribution in [0.1, 0.15) is 45.5 Å². The second-order valence-electron chi connectivity index (χ2n) is 6.82. The molecule has 138 valence electrons. The standard InChI is InChI=1S/C16H28N4O3.ClH/c1-10(2)9-22-12(4)15-18-14(23-19-15)8-20(5)16(21)11(3)13-6-17-7-13;/h10-13,17H,6-9H2,1-5H3;1H. The number of carbonyl (C=O) groups is 1. The van der Waals surface area contributed by atoms with Gasteiger partial charge in [-0.05, 0) is 31.8 Å². The molecule has 0 radical (unpaired) electrons. The van der Waals surface area contributed by atoms with Gasteiger partial charge in [0.2, 0.25) is 11.8 Å². The minimum Gasteiger partial charge on any atom is -0.370 e. The lowest BCUT2D eigenvalue weighted by Gasteiger charge is -2.33. The monoisotopic (exact) mass is 360 g/mol. The molecule has 0 saturated carbocycles. The van der Waals surface area contributed by atoms with Crippen molar-refractivity contribution in [3.05, 3.63) is 11.7 Å². The summed E-state index contributed by atoms with van der Waals surface area (Å²) in [5.41, 5.74) is 0. The van der Waals surface area contributed by atoms with E-state index in [1.165, 1.54) is 0 Å². The molecular formula is C16H29ClN4O3. The van der Waals surface area contributed by atoms with Crippen molar-refractivity contribution < 1.29 is 14.1 Å². The molecule has 1 fully saturated rings. The maximum atomic E-state index is 12.4. The minimum absolute atomic E-state index is 0. The zero-order valence-electron chi connectivity index (χ0n) is 15.1. The van der Waals surface area contributed by atoms with E-state index in [1.807, 2.05) is 13.8 Å². The molecule has 2 atom stereocenters. The first-order chi connectivity index (χ1) is 10.9. The number of carbonyl (C=O) groups excluding carboxylic acids is 1. The number of nitrogens with one attached hydrogen (secondary N) is 1. The molecule has 1 amide bonds. The predicted octanol–water partition coefficient (Wildman–Crippen LogP) is 2.04. The first-order valence-corrected chi connectivity index (χ1v) is 8.28. The van der Waals surface area contributed by atoms with E-state index in [4.69, 9.17) is 9.26 Å². The minimum atomic E-state index is -0.212. The van der Waals surface area contributed by atoms with Crippen LogP contribution in [-0.4, -0.2) is 47.7 Å². The highest BCUT2D eigenvalue weighted by Gasteiger charge is 2.31. The number of rotatable bonds is 8. The van der Waals surface area contributed by atoms with E-state index in [1.54, 1.807) is 11.9 Å². The van der Waals surface area contributed by atoms with Gasteiger partial charge < -0.3 is 19.5 Å². The molecule has 0 spiro atoms. The number of aromatic nitrogens is 2. The zero-order chi connectivity index (χ0) is 17.0. The molecule has 1 aromatic rings. The Morgan fingerprint density at radius 2 is 2.04 bits per heavy atom. The summed E-state index contributed by atoms with van der Waals surface area (Å²) in [6.45, 7) is 10.9. The fourth-order valence-electron chi connectivity index (χ4n) is 2.40. The summed E-state index contributed by atoms with van der Waals surface area (Å²) in [7, 11) is 1.77. The molecule has 7 nitrogen and oxygen atoms in total. The van der Waals surface area contributed by atoms with E-state index in [0.29, 0.717) is 36.7 Å². The Bertz CT molecular complexity index is 519. The molecule has 1 saturated heterocycles. The molecule has 1 aliphatic heterocycles. The average Bonchev–Trinajstić information content (AvgIpc) is 2.90. The summed E-state index contributed by atoms with van der Waals surface area (Å²) in [6.07, 6.45) is -0.212. The van der Waals surface area contributed by atoms with Crippen LogP contribution in [0.15, 0.2) is 4.52 Å². The van der Waals surface area contributed by atoms with Crippen LogP contribution in [0.25, 0.3) is 0 Å². The number of halogens is 1. The average molecular weight is 361 g/mol. The fraction of sp³-hybridized carbons (Fsp3) is 0.812. The SMILES string of the molecule is CC(C)COC(C)c1noc(CN(C)C(=O)C(C)C2CNC2)n1.Cl. The third-order valence-corrected chi connectivity index (χ3v) is 4.19. The summed E-state index contributed by atoms with van der Waals surface area (Å²) < 4.78 is 10.9. The van der Waals surface area contributed by atoms with Gasteiger partial charge in [-0.1, -0.05) is 25.9 Å². The van der Waals surface area contributed by atoms with Crippen molar-refractivity contribution in [2.24, 2.45) is 17.8 Å². The summed E-state index contributed by atoms with van der Waals surface area (Å²) in [4.78, 5) is 18.4. The van der Waals surface area contributed by atoms with E-state index < -0.39 is 0 Å². The topological polar surface area (TPSA) is 80.5 Å². The van der Waals surface area contributed by atoms with Crippen molar-refractivity contribution >= 4 is 18.3 Å². The van der Waals surface area contributed by atoms with Crippen LogP contribution in [0.2, 0.25) is 0 Å². The maximum Gasteiger partial charge on any atom is 0.246 e. The zero-order valence-corrected chi connectivity index (χ0v) is 15.9. The van der Waals surface area contributed by atoms with Gasteiger partial charge in [0, 0.05) is 19.6 Å². The number of amides is 1. The molecule has 2 heterocycles. The van der Waals surface area contributed by atoms with E-state index in [9.17, 15) is 4.79 Å². The van der Waals surface area contributed by atoms with Gasteiger partial charge in [0.1, 0.15) is 6.10 Å². The highest BCUT2D eigenvalue weighted by atomic mass is 35.5. The second kappa shape index (κ2) is 9.34. The molecular weight excluding hydrogens is 332 g/mol. The highest BCUT2D eigenvalue weighted by molar-refractivity contribution is 5.85. The van der Waals surface area contributed by atoms with Crippen LogP contribution in [0.5, 0.6) is 0 Å². The molecule has 0 aromatic carbocycles. The highest BCUT2D eigenvalue weighted by Crippen LogP contribution is 2.19. The van der Waals surface area contributed by atoms with Crippen molar-refractivity contribution in [1.29, 1.82) is 0 Å². The van der Waals surface area contributed by atoms with Crippen LogP contribution in [0.3, 0.4) is 0 Å². The summed E-state index contributed by atoms with van der Waals surface area (Å²) >= 11 is 0. The van der Waals surface area contributed by atoms with E-state index in [-0.39, 0.29) is 30.3 Å². The van der Waals surface area contributed by atoms with Crippen molar-refractivity contribution in [3.63, 3.8) is 0 Å². The van der Waals surface area contributed by atoms with Crippen LogP contribution >= 0.6 is 12.4 Å². The third-order valence-electron chi connectivity index (χ3n) is 4.19. The Hall–Kier alpha value is -1.18. The smallest absolute Gasteiger partial charge is 0.246 e. The van der Waals surface area contributed by atoms with Crippen molar-refractivity contribution in [2.45, 2.75) is 40.3 Å². The Balaban J connectivity index is 0.00000288. The van der Waals surface area contributed by atoms with Crippen LogP contribution in [-0.2, 0) is 16.1 Å². The number of nitrogens with zero attached hydrogens (tertiary/aromatic N) is 3. The van der Waals surface area contributed by atoms with Gasteiger partial charge in [-0.15, -0.1) is 12.4 Å². The molecule has 8 heteroatoms. The van der Waals surface area contributed by atoms with E-state index >= 15 is 0 Å². The molecule has 1 aromatic heterocycles. The van der Waals surface area contributed by atoms with Gasteiger partial charge in [0.25, 0.3) is 0 Å². The van der Waals surface area contributed by atoms with Crippen LogP contribution in [0.4, 0.5) is 0 Å². The normalized spacial score (nSPS) is 17.1. The fourth-order valence-corrected chi connectivity index (χ4v) is 2.40. The lowest BCUT2D eigenvalue weighted by atomic mass is 9.88. The largest absolute Gasteiger partial charge is 0.370 e. The lowest BCUT2D eigenvalue weighted by Crippen LogP contribution is -2.49. The lowest BCUT2D eigenvalue weighted by molar-refractivity contribution is -0.136. The maximum absolute atomic E-state index is 12.4. The Kier molecular flexibility index (Phi) is 8.12. The molecule has 24 heavy (non-hydrogen) atoms. The molecule has 0 aliphatic carbocycles. The Morgan fingerprint density at radius 3 is 2.58 bits per heavy atom. The van der Waals surface area contributed by atoms with Crippen molar-refractivity contribution in [2.75, 3.05) is 26.7 Å². The Labute approximate surface area is 149 Å². The van der Waals surface area contributed by atoms with Crippen molar-refractivity contribution in [1.82, 2.24) is 20.4 Å². The molecule has 1 aliphatic rings. The van der Waals surface area contributed by atoms with Crippen LogP contribution < -0.4 is 5.32 Å². The summed E-state index contributed by atoms with van der Waals surface area (Å²) in [6, 6.07) is 0. The van der Waals surface area contributed by atoms with Gasteiger partial charge in [0.15, 0.2) is 5.82 Å². The van der Waals surface area contributed by atoms with Crippen molar-refractivity contribution in [3.8, 4) is 0 Å². The number of hydrogen-bond donors (Lipinski definition) is 1. The van der Waals surface area contributed by atoms with Gasteiger partial charge in [-0.3, -0.25) is 4.79 Å². The summed E-state index contributed by atoms with van der Waals surface area (Å²) in [5.74, 6) is 1.97.